The van der Waals surface area contributed by atoms with Crippen molar-refractivity contribution >= 4 is 33.9 Å². The second-order valence-electron chi connectivity index (χ2n) is 7.40. The monoisotopic (exact) mass is 416 g/mol. The highest BCUT2D eigenvalue weighted by molar-refractivity contribution is 7.17. The molecular formula is C21H24N2O5S. The van der Waals surface area contributed by atoms with E-state index in [0.717, 1.165) is 29.7 Å². The number of thiophene rings is 1. The summed E-state index contributed by atoms with van der Waals surface area (Å²) >= 11 is 1.40. The van der Waals surface area contributed by atoms with Gasteiger partial charge in [0.1, 0.15) is 5.00 Å². The number of carbonyl (C=O) groups excluding carboxylic acids is 2. The Morgan fingerprint density at radius 2 is 2.14 bits per heavy atom. The van der Waals surface area contributed by atoms with E-state index < -0.39 is 16.8 Å². The average Bonchev–Trinajstić information content (AvgIpc) is 3.02. The van der Waals surface area contributed by atoms with Crippen molar-refractivity contribution in [3.8, 4) is 0 Å². The molecule has 1 heterocycles. The van der Waals surface area contributed by atoms with Crippen LogP contribution in [0.4, 0.5) is 10.7 Å². The zero-order valence-corrected chi connectivity index (χ0v) is 17.6. The number of ether oxygens (including phenoxy) is 1. The van der Waals surface area contributed by atoms with E-state index in [1.807, 2.05) is 6.92 Å². The highest BCUT2D eigenvalue weighted by Gasteiger charge is 2.29. The minimum Gasteiger partial charge on any atom is -0.462 e. The number of hydrogen-bond acceptors (Lipinski definition) is 6. The van der Waals surface area contributed by atoms with Gasteiger partial charge in [-0.15, -0.1) is 11.3 Å². The number of fused-ring (bicyclic) bond motifs is 1. The van der Waals surface area contributed by atoms with Gasteiger partial charge < -0.3 is 10.1 Å². The van der Waals surface area contributed by atoms with Gasteiger partial charge in [-0.3, -0.25) is 14.9 Å². The molecule has 1 N–H and O–H groups in total. The van der Waals surface area contributed by atoms with Gasteiger partial charge in [0, 0.05) is 22.1 Å². The van der Waals surface area contributed by atoms with Crippen molar-refractivity contribution in [1.82, 2.24) is 0 Å². The molecule has 1 aliphatic rings. The molecule has 0 radical (unpaired) electrons. The number of rotatable bonds is 6. The topological polar surface area (TPSA) is 98.5 Å². The van der Waals surface area contributed by atoms with Gasteiger partial charge in [-0.05, 0) is 50.2 Å². The van der Waals surface area contributed by atoms with Gasteiger partial charge in [0.05, 0.1) is 17.1 Å². The molecule has 1 unspecified atom stereocenters. The first-order chi connectivity index (χ1) is 13.8. The van der Waals surface area contributed by atoms with Crippen LogP contribution in [0.2, 0.25) is 0 Å². The predicted molar refractivity (Wildman–Crippen MR) is 112 cm³/mol. The van der Waals surface area contributed by atoms with Gasteiger partial charge in [0.2, 0.25) is 0 Å². The third-order valence-electron chi connectivity index (χ3n) is 5.05. The van der Waals surface area contributed by atoms with Crippen molar-refractivity contribution in [3.05, 3.63) is 55.4 Å². The fourth-order valence-electron chi connectivity index (χ4n) is 3.44. The van der Waals surface area contributed by atoms with Crippen LogP contribution in [0.15, 0.2) is 18.2 Å². The summed E-state index contributed by atoms with van der Waals surface area (Å²) in [5, 5.41) is 14.4. The fourth-order valence-corrected chi connectivity index (χ4v) is 4.84. The van der Waals surface area contributed by atoms with Crippen LogP contribution in [0.1, 0.15) is 63.4 Å². The molecule has 0 fully saturated rings. The number of nitro groups is 1. The van der Waals surface area contributed by atoms with Crippen molar-refractivity contribution in [3.63, 3.8) is 0 Å². The average molecular weight is 416 g/mol. The smallest absolute Gasteiger partial charge is 0.341 e. The van der Waals surface area contributed by atoms with Crippen LogP contribution in [-0.4, -0.2) is 23.4 Å². The molecule has 1 amide bonds. The zero-order valence-electron chi connectivity index (χ0n) is 16.7. The van der Waals surface area contributed by atoms with Gasteiger partial charge in [-0.1, -0.05) is 19.9 Å². The quantitative estimate of drug-likeness (QED) is 0.410. The largest absolute Gasteiger partial charge is 0.462 e. The summed E-state index contributed by atoms with van der Waals surface area (Å²) in [5.74, 6) is -0.391. The lowest BCUT2D eigenvalue weighted by Crippen LogP contribution is -2.17. The van der Waals surface area contributed by atoms with Crippen LogP contribution in [0.5, 0.6) is 0 Å². The lowest BCUT2D eigenvalue weighted by Gasteiger charge is -2.18. The number of hydrogen-bond donors (Lipinski definition) is 1. The van der Waals surface area contributed by atoms with Crippen LogP contribution in [0, 0.1) is 23.0 Å². The highest BCUT2D eigenvalue weighted by Crippen LogP contribution is 2.40. The predicted octanol–water partition coefficient (Wildman–Crippen LogP) is 4.91. The van der Waals surface area contributed by atoms with Crippen LogP contribution < -0.4 is 5.32 Å². The van der Waals surface area contributed by atoms with E-state index in [1.165, 1.54) is 17.4 Å². The first kappa shape index (κ1) is 21.0. The molecule has 154 valence electrons. The summed E-state index contributed by atoms with van der Waals surface area (Å²) in [5.41, 5.74) is 1.94. The van der Waals surface area contributed by atoms with Crippen molar-refractivity contribution < 1.29 is 19.2 Å². The molecule has 1 aliphatic carbocycles. The maximum absolute atomic E-state index is 12.8. The fraction of sp³-hybridized carbons (Fsp3) is 0.429. The van der Waals surface area contributed by atoms with Gasteiger partial charge in [0.25, 0.3) is 11.6 Å². The summed E-state index contributed by atoms with van der Waals surface area (Å²) in [6.45, 7) is 6.03. The molecule has 7 nitrogen and oxygen atoms in total. The van der Waals surface area contributed by atoms with Crippen molar-refractivity contribution in [2.45, 2.75) is 46.5 Å². The molecular weight excluding hydrogens is 392 g/mol. The third kappa shape index (κ3) is 4.48. The zero-order chi connectivity index (χ0) is 21.1. The molecule has 8 heteroatoms. The summed E-state index contributed by atoms with van der Waals surface area (Å²) < 4.78 is 5.35. The van der Waals surface area contributed by atoms with E-state index in [1.54, 1.807) is 19.1 Å². The number of nitro benzene ring substituents is 1. The second kappa shape index (κ2) is 8.73. The summed E-state index contributed by atoms with van der Waals surface area (Å²) in [6.07, 6.45) is 3.33. The Balaban J connectivity index is 1.94. The molecule has 1 atom stereocenters. The highest BCUT2D eigenvalue weighted by atomic mass is 32.1. The van der Waals surface area contributed by atoms with E-state index in [9.17, 15) is 19.7 Å². The standard InChI is InChI=1S/C21H24N2O5S/c1-4-9-28-21(25)18-15-8-5-12(2)10-17(15)29-20(18)22-19(24)14-7-6-13(3)16(11-14)23(26)27/h6-7,11-12H,4-5,8-10H2,1-3H3,(H,22,24). The Labute approximate surface area is 173 Å². The van der Waals surface area contributed by atoms with Gasteiger partial charge in [-0.25, -0.2) is 4.79 Å². The van der Waals surface area contributed by atoms with Gasteiger partial charge >= 0.3 is 5.97 Å². The second-order valence-corrected chi connectivity index (χ2v) is 8.51. The van der Waals surface area contributed by atoms with E-state index in [0.29, 0.717) is 35.1 Å². The number of aryl methyl sites for hydroxylation is 1. The first-order valence-electron chi connectivity index (χ1n) is 9.69. The first-order valence-corrected chi connectivity index (χ1v) is 10.5. The van der Waals surface area contributed by atoms with Crippen molar-refractivity contribution in [1.29, 1.82) is 0 Å². The molecule has 0 bridgehead atoms. The Bertz CT molecular complexity index is 966. The summed E-state index contributed by atoms with van der Waals surface area (Å²) in [6, 6.07) is 4.35. The number of amides is 1. The van der Waals surface area contributed by atoms with E-state index in [4.69, 9.17) is 4.74 Å². The van der Waals surface area contributed by atoms with Gasteiger partial charge in [-0.2, -0.15) is 0 Å². The molecule has 29 heavy (non-hydrogen) atoms. The van der Waals surface area contributed by atoms with Crippen molar-refractivity contribution in [2.75, 3.05) is 11.9 Å². The lowest BCUT2D eigenvalue weighted by molar-refractivity contribution is -0.385. The normalized spacial score (nSPS) is 15.5. The van der Waals surface area contributed by atoms with E-state index >= 15 is 0 Å². The minimum atomic E-state index is -0.509. The molecule has 0 spiro atoms. The summed E-state index contributed by atoms with van der Waals surface area (Å²) in [7, 11) is 0. The molecule has 0 saturated heterocycles. The van der Waals surface area contributed by atoms with Crippen molar-refractivity contribution in [2.24, 2.45) is 5.92 Å². The lowest BCUT2D eigenvalue weighted by atomic mass is 9.88. The van der Waals surface area contributed by atoms with Gasteiger partial charge in [0.15, 0.2) is 0 Å². The van der Waals surface area contributed by atoms with Crippen LogP contribution >= 0.6 is 11.3 Å². The summed E-state index contributed by atoms with van der Waals surface area (Å²) in [4.78, 5) is 37.2. The number of nitrogens with one attached hydrogen (secondary N) is 1. The maximum Gasteiger partial charge on any atom is 0.341 e. The molecule has 1 aromatic carbocycles. The number of anilines is 1. The van der Waals surface area contributed by atoms with Crippen LogP contribution in [0.25, 0.3) is 0 Å². The van der Waals surface area contributed by atoms with E-state index in [2.05, 4.69) is 12.2 Å². The maximum atomic E-state index is 12.8. The molecule has 3 rings (SSSR count). The number of benzene rings is 1. The number of nitrogens with zero attached hydrogens (tertiary/aromatic N) is 1. The number of carbonyl (C=O) groups is 2. The Morgan fingerprint density at radius 3 is 2.83 bits per heavy atom. The van der Waals surface area contributed by atoms with Crippen LogP contribution in [0.3, 0.4) is 0 Å². The molecule has 0 saturated carbocycles. The SMILES string of the molecule is CCCOC(=O)c1c(NC(=O)c2ccc(C)c([N+](=O)[O-])c2)sc2c1CCC(C)C2. The third-order valence-corrected chi connectivity index (χ3v) is 6.22. The van der Waals surface area contributed by atoms with Crippen LogP contribution in [-0.2, 0) is 17.6 Å². The Hall–Kier alpha value is -2.74. The van der Waals surface area contributed by atoms with E-state index in [-0.39, 0.29) is 11.3 Å². The number of esters is 1. The molecule has 2 aromatic rings. The molecule has 1 aromatic heterocycles. The molecule has 0 aliphatic heterocycles. The minimum absolute atomic E-state index is 0.112. The Kier molecular flexibility index (Phi) is 6.32. The Morgan fingerprint density at radius 1 is 1.38 bits per heavy atom.